The van der Waals surface area contributed by atoms with E-state index in [2.05, 4.69) is 0 Å². The Morgan fingerprint density at radius 3 is 2.81 bits per heavy atom. The Labute approximate surface area is 122 Å². The fraction of sp³-hybridized carbons (Fsp3) is 0.118. The second kappa shape index (κ2) is 5.32. The minimum atomic E-state index is -0.233. The van der Waals surface area contributed by atoms with E-state index in [1.54, 1.807) is 31.2 Å². The summed E-state index contributed by atoms with van der Waals surface area (Å²) in [6, 6.07) is 10.5. The van der Waals surface area contributed by atoms with Crippen molar-refractivity contribution in [3.63, 3.8) is 0 Å². The number of carbonyl (C=O) groups is 1. The van der Waals surface area contributed by atoms with Crippen molar-refractivity contribution in [3.05, 3.63) is 59.2 Å². The van der Waals surface area contributed by atoms with Crippen molar-refractivity contribution in [2.24, 2.45) is 0 Å². The Kier molecular flexibility index (Phi) is 3.36. The molecule has 106 valence electrons. The van der Waals surface area contributed by atoms with Gasteiger partial charge in [0.15, 0.2) is 17.3 Å². The highest BCUT2D eigenvalue weighted by molar-refractivity contribution is 6.09. The van der Waals surface area contributed by atoms with Crippen molar-refractivity contribution in [1.82, 2.24) is 0 Å². The maximum atomic E-state index is 12.2. The normalized spacial score (nSPS) is 12.8. The van der Waals surface area contributed by atoms with Gasteiger partial charge in [0, 0.05) is 0 Å². The van der Waals surface area contributed by atoms with Crippen LogP contribution >= 0.6 is 0 Å². The average molecular weight is 282 g/mol. The van der Waals surface area contributed by atoms with Crippen LogP contribution in [-0.4, -0.2) is 17.7 Å². The van der Waals surface area contributed by atoms with E-state index in [4.69, 9.17) is 9.47 Å². The molecule has 0 atom stereocenters. The van der Waals surface area contributed by atoms with Gasteiger partial charge < -0.3 is 14.6 Å². The first-order valence-electron chi connectivity index (χ1n) is 6.56. The van der Waals surface area contributed by atoms with Crippen LogP contribution in [0.2, 0.25) is 0 Å². The first-order valence-corrected chi connectivity index (χ1v) is 6.56. The molecule has 0 radical (unpaired) electrons. The summed E-state index contributed by atoms with van der Waals surface area (Å²) in [6.07, 6.45) is 3.13. The number of ketones is 1. The molecule has 0 spiro atoms. The highest BCUT2D eigenvalue weighted by Crippen LogP contribution is 2.33. The summed E-state index contributed by atoms with van der Waals surface area (Å²) in [5.41, 5.74) is 1.91. The summed E-state index contributed by atoms with van der Waals surface area (Å²) in [5, 5.41) is 9.79. The summed E-state index contributed by atoms with van der Waals surface area (Å²) < 4.78 is 10.5. The lowest BCUT2D eigenvalue weighted by molar-refractivity contribution is 0.104. The molecule has 4 heteroatoms. The van der Waals surface area contributed by atoms with Gasteiger partial charge in [-0.2, -0.15) is 0 Å². The molecule has 1 aliphatic rings. The minimum Gasteiger partial charge on any atom is -0.507 e. The largest absolute Gasteiger partial charge is 0.507 e. The summed E-state index contributed by atoms with van der Waals surface area (Å²) in [5.74, 6) is 1.14. The lowest BCUT2D eigenvalue weighted by Gasteiger charge is -2.04. The van der Waals surface area contributed by atoms with E-state index in [0.29, 0.717) is 17.1 Å². The maximum Gasteiger partial charge on any atom is 0.231 e. The van der Waals surface area contributed by atoms with E-state index in [1.807, 2.05) is 12.1 Å². The Bertz CT molecular complexity index is 711. The zero-order valence-electron chi connectivity index (χ0n) is 11.5. The predicted octanol–water partition coefficient (Wildman–Crippen LogP) is 3.33. The molecule has 0 amide bonds. The van der Waals surface area contributed by atoms with Crippen molar-refractivity contribution in [2.75, 3.05) is 6.79 Å². The molecule has 1 aliphatic heterocycles. The molecule has 1 N–H and O–H groups in total. The summed E-state index contributed by atoms with van der Waals surface area (Å²) >= 11 is 0. The maximum absolute atomic E-state index is 12.2. The number of rotatable bonds is 3. The molecule has 0 saturated carbocycles. The van der Waals surface area contributed by atoms with Gasteiger partial charge in [-0.1, -0.05) is 24.3 Å². The Hall–Kier alpha value is -2.75. The van der Waals surface area contributed by atoms with Crippen LogP contribution in [0.5, 0.6) is 17.2 Å². The lowest BCUT2D eigenvalue weighted by Crippen LogP contribution is -1.98. The van der Waals surface area contributed by atoms with Crippen molar-refractivity contribution in [2.45, 2.75) is 6.92 Å². The molecular weight excluding hydrogens is 268 g/mol. The van der Waals surface area contributed by atoms with Gasteiger partial charge in [-0.25, -0.2) is 0 Å². The second-order valence-corrected chi connectivity index (χ2v) is 4.78. The number of phenolic OH excluding ortho intramolecular Hbond substituents is 1. The number of ether oxygens (including phenoxy) is 2. The monoisotopic (exact) mass is 282 g/mol. The van der Waals surface area contributed by atoms with Gasteiger partial charge in [-0.05, 0) is 42.3 Å². The first kappa shape index (κ1) is 13.2. The summed E-state index contributed by atoms with van der Waals surface area (Å²) in [4.78, 5) is 12.2. The highest BCUT2D eigenvalue weighted by atomic mass is 16.7. The van der Waals surface area contributed by atoms with E-state index in [-0.39, 0.29) is 18.3 Å². The standard InChI is InChI=1S/C17H14O4/c1-11-3-2-4-13(18)17(11)14(19)7-5-12-6-8-15-16(9-12)21-10-20-15/h2-9,18H,10H2,1H3. The van der Waals surface area contributed by atoms with Crippen LogP contribution in [0, 0.1) is 6.92 Å². The van der Waals surface area contributed by atoms with Gasteiger partial charge in [0.1, 0.15) is 5.75 Å². The first-order chi connectivity index (χ1) is 10.1. The van der Waals surface area contributed by atoms with Crippen molar-refractivity contribution < 1.29 is 19.4 Å². The number of hydrogen-bond acceptors (Lipinski definition) is 4. The molecule has 1 heterocycles. The number of aryl methyl sites for hydroxylation is 1. The van der Waals surface area contributed by atoms with Gasteiger partial charge in [0.2, 0.25) is 6.79 Å². The Morgan fingerprint density at radius 1 is 1.19 bits per heavy atom. The van der Waals surface area contributed by atoms with Crippen LogP contribution in [0.25, 0.3) is 6.08 Å². The molecule has 2 aromatic carbocycles. The van der Waals surface area contributed by atoms with Crippen molar-refractivity contribution in [1.29, 1.82) is 0 Å². The van der Waals surface area contributed by atoms with Crippen LogP contribution < -0.4 is 9.47 Å². The Morgan fingerprint density at radius 2 is 2.00 bits per heavy atom. The van der Waals surface area contributed by atoms with E-state index < -0.39 is 0 Å². The molecule has 2 aromatic rings. The predicted molar refractivity (Wildman–Crippen MR) is 78.8 cm³/mol. The van der Waals surface area contributed by atoms with Crippen molar-refractivity contribution in [3.8, 4) is 17.2 Å². The second-order valence-electron chi connectivity index (χ2n) is 4.78. The molecular formula is C17H14O4. The van der Waals surface area contributed by atoms with Gasteiger partial charge in [0.05, 0.1) is 5.56 Å². The van der Waals surface area contributed by atoms with E-state index in [9.17, 15) is 9.90 Å². The number of phenols is 1. The SMILES string of the molecule is Cc1cccc(O)c1C(=O)C=Cc1ccc2c(c1)OCO2. The Balaban J connectivity index is 1.84. The third kappa shape index (κ3) is 2.60. The lowest BCUT2D eigenvalue weighted by atomic mass is 10.0. The third-order valence-corrected chi connectivity index (χ3v) is 3.32. The number of allylic oxidation sites excluding steroid dienone is 1. The molecule has 21 heavy (non-hydrogen) atoms. The van der Waals surface area contributed by atoms with Crippen LogP contribution in [0.4, 0.5) is 0 Å². The highest BCUT2D eigenvalue weighted by Gasteiger charge is 2.13. The average Bonchev–Trinajstić information content (AvgIpc) is 2.92. The number of fused-ring (bicyclic) bond motifs is 1. The molecule has 0 aromatic heterocycles. The van der Waals surface area contributed by atoms with Crippen LogP contribution in [0.15, 0.2) is 42.5 Å². The molecule has 4 nitrogen and oxygen atoms in total. The quantitative estimate of drug-likeness (QED) is 0.693. The van der Waals surface area contributed by atoms with Gasteiger partial charge in [-0.15, -0.1) is 0 Å². The van der Waals surface area contributed by atoms with E-state index >= 15 is 0 Å². The van der Waals surface area contributed by atoms with E-state index in [0.717, 1.165) is 11.1 Å². The summed E-state index contributed by atoms with van der Waals surface area (Å²) in [6.45, 7) is 2.01. The smallest absolute Gasteiger partial charge is 0.231 e. The minimum absolute atomic E-state index is 0.00432. The fourth-order valence-corrected chi connectivity index (χ4v) is 2.24. The number of carbonyl (C=O) groups excluding carboxylic acids is 1. The van der Waals surface area contributed by atoms with Crippen LogP contribution in [0.1, 0.15) is 21.5 Å². The van der Waals surface area contributed by atoms with Crippen molar-refractivity contribution >= 4 is 11.9 Å². The number of hydrogen-bond donors (Lipinski definition) is 1. The molecule has 0 aliphatic carbocycles. The molecule has 3 rings (SSSR count). The topological polar surface area (TPSA) is 55.8 Å². The molecule has 0 unspecified atom stereocenters. The molecule has 0 saturated heterocycles. The zero-order valence-corrected chi connectivity index (χ0v) is 11.5. The third-order valence-electron chi connectivity index (χ3n) is 3.32. The van der Waals surface area contributed by atoms with Crippen LogP contribution in [0.3, 0.4) is 0 Å². The fourth-order valence-electron chi connectivity index (χ4n) is 2.24. The van der Waals surface area contributed by atoms with Crippen LogP contribution in [-0.2, 0) is 0 Å². The van der Waals surface area contributed by atoms with Gasteiger partial charge >= 0.3 is 0 Å². The molecule has 0 fully saturated rings. The van der Waals surface area contributed by atoms with Gasteiger partial charge in [-0.3, -0.25) is 4.79 Å². The van der Waals surface area contributed by atoms with Gasteiger partial charge in [0.25, 0.3) is 0 Å². The molecule has 0 bridgehead atoms. The number of aromatic hydroxyl groups is 1. The summed E-state index contributed by atoms with van der Waals surface area (Å²) in [7, 11) is 0. The van der Waals surface area contributed by atoms with E-state index in [1.165, 1.54) is 12.1 Å². The number of benzene rings is 2. The zero-order chi connectivity index (χ0) is 14.8.